The molecule has 0 radical (unpaired) electrons. The van der Waals surface area contributed by atoms with Gasteiger partial charge in [0.05, 0.1) is 0 Å². The topological polar surface area (TPSA) is 85.1 Å². The van der Waals surface area contributed by atoms with Gasteiger partial charge >= 0.3 is 6.01 Å². The predicted molar refractivity (Wildman–Crippen MR) is 60.9 cm³/mol. The molecule has 16 heavy (non-hydrogen) atoms. The van der Waals surface area contributed by atoms with Crippen molar-refractivity contribution < 1.29 is 12.9 Å². The van der Waals surface area contributed by atoms with Crippen LogP contribution >= 0.6 is 0 Å². The largest absolute Gasteiger partial charge is 0.337 e. The molecule has 0 aromatic carbocycles. The van der Waals surface area contributed by atoms with Gasteiger partial charge in [0, 0.05) is 12.8 Å². The number of hydrogen-bond donors (Lipinski definition) is 1. The van der Waals surface area contributed by atoms with Gasteiger partial charge in [0.15, 0.2) is 15.7 Å². The van der Waals surface area contributed by atoms with Gasteiger partial charge in [-0.1, -0.05) is 19.0 Å². The van der Waals surface area contributed by atoms with Crippen molar-refractivity contribution in [2.75, 3.05) is 18.1 Å². The predicted octanol–water partition coefficient (Wildman–Crippen LogP) is 1.24. The molecular formula is C9H17N3O3S. The third-order valence-electron chi connectivity index (χ3n) is 2.11. The van der Waals surface area contributed by atoms with Crippen LogP contribution < -0.4 is 5.32 Å². The fourth-order valence-corrected chi connectivity index (χ4v) is 1.43. The van der Waals surface area contributed by atoms with Crippen molar-refractivity contribution in [3.8, 4) is 0 Å². The van der Waals surface area contributed by atoms with Crippen molar-refractivity contribution in [1.29, 1.82) is 0 Å². The fraction of sp³-hybridized carbons (Fsp3) is 0.778. The molecule has 6 nitrogen and oxygen atoms in total. The van der Waals surface area contributed by atoms with Crippen LogP contribution in [0, 0.1) is 5.92 Å². The molecule has 0 aliphatic rings. The average molecular weight is 247 g/mol. The Balaban J connectivity index is 2.72. The van der Waals surface area contributed by atoms with Crippen LogP contribution in [-0.4, -0.2) is 31.4 Å². The van der Waals surface area contributed by atoms with Gasteiger partial charge in [-0.2, -0.15) is 4.98 Å². The zero-order chi connectivity index (χ0) is 12.3. The van der Waals surface area contributed by atoms with Crippen LogP contribution in [0.1, 0.15) is 31.8 Å². The lowest BCUT2D eigenvalue weighted by molar-refractivity contribution is 0.419. The van der Waals surface area contributed by atoms with Gasteiger partial charge < -0.3 is 9.84 Å². The molecule has 92 valence electrons. The summed E-state index contributed by atoms with van der Waals surface area (Å²) < 4.78 is 27.4. The summed E-state index contributed by atoms with van der Waals surface area (Å²) in [6.45, 7) is 6.33. The van der Waals surface area contributed by atoms with E-state index in [0.29, 0.717) is 12.5 Å². The molecular weight excluding hydrogens is 230 g/mol. The Morgan fingerprint density at radius 3 is 2.50 bits per heavy atom. The van der Waals surface area contributed by atoms with Gasteiger partial charge in [-0.05, 0) is 12.8 Å². The molecule has 1 aromatic rings. The Hall–Kier alpha value is -1.11. The number of nitrogens with zero attached hydrogens (tertiary/aromatic N) is 2. The molecule has 0 amide bonds. The van der Waals surface area contributed by atoms with Crippen LogP contribution in [0.4, 0.5) is 6.01 Å². The highest BCUT2D eigenvalue weighted by molar-refractivity contribution is 7.90. The van der Waals surface area contributed by atoms with E-state index in [1.54, 1.807) is 0 Å². The van der Waals surface area contributed by atoms with Crippen molar-refractivity contribution in [3.05, 3.63) is 5.82 Å². The summed E-state index contributed by atoms with van der Waals surface area (Å²) in [5, 5.41) is 5.82. The molecule has 0 saturated heterocycles. The Morgan fingerprint density at radius 1 is 1.38 bits per heavy atom. The molecule has 7 heteroatoms. The maximum atomic E-state index is 11.3. The lowest BCUT2D eigenvalue weighted by Gasteiger charge is -2.03. The molecule has 1 unspecified atom stereocenters. The standard InChI is InChI=1S/C9H17N3O3S/c1-6(2)5-10-9-11-8(12-15-9)7(3)16(4,13)14/h6-7H,5H2,1-4H3,(H,10,11,12). The zero-order valence-corrected chi connectivity index (χ0v) is 10.7. The fourth-order valence-electron chi connectivity index (χ4n) is 0.955. The van der Waals surface area contributed by atoms with Crippen LogP contribution in [-0.2, 0) is 9.84 Å². The van der Waals surface area contributed by atoms with Gasteiger partial charge in [-0.3, -0.25) is 0 Å². The number of aromatic nitrogens is 2. The monoisotopic (exact) mass is 247 g/mol. The second-order valence-electron chi connectivity index (χ2n) is 4.20. The quantitative estimate of drug-likeness (QED) is 0.842. The van der Waals surface area contributed by atoms with Crippen LogP contribution in [0.15, 0.2) is 4.52 Å². The van der Waals surface area contributed by atoms with Crippen LogP contribution in [0.3, 0.4) is 0 Å². The summed E-state index contributed by atoms with van der Waals surface area (Å²) in [6.07, 6.45) is 1.15. The summed E-state index contributed by atoms with van der Waals surface area (Å²) in [7, 11) is -3.19. The third-order valence-corrected chi connectivity index (χ3v) is 3.60. The number of hydrogen-bond acceptors (Lipinski definition) is 6. The summed E-state index contributed by atoms with van der Waals surface area (Å²) in [5.74, 6) is 0.636. The zero-order valence-electron chi connectivity index (χ0n) is 9.89. The maximum Gasteiger partial charge on any atom is 0.321 e. The van der Waals surface area contributed by atoms with Crippen LogP contribution in [0.25, 0.3) is 0 Å². The van der Waals surface area contributed by atoms with E-state index < -0.39 is 15.1 Å². The van der Waals surface area contributed by atoms with E-state index in [-0.39, 0.29) is 11.8 Å². The second-order valence-corrected chi connectivity index (χ2v) is 6.57. The molecule has 0 spiro atoms. The number of rotatable bonds is 5. The summed E-state index contributed by atoms with van der Waals surface area (Å²) in [6, 6.07) is 0.263. The van der Waals surface area contributed by atoms with Crippen LogP contribution in [0.2, 0.25) is 0 Å². The lowest BCUT2D eigenvalue weighted by atomic mass is 10.2. The van der Waals surface area contributed by atoms with Gasteiger partial charge in [0.2, 0.25) is 0 Å². The smallest absolute Gasteiger partial charge is 0.321 e. The molecule has 0 aliphatic heterocycles. The molecule has 0 aliphatic carbocycles. The van der Waals surface area contributed by atoms with E-state index >= 15 is 0 Å². The first-order chi connectivity index (χ1) is 7.30. The van der Waals surface area contributed by atoms with Crippen molar-refractivity contribution >= 4 is 15.9 Å². The van der Waals surface area contributed by atoms with E-state index in [4.69, 9.17) is 4.52 Å². The summed E-state index contributed by atoms with van der Waals surface area (Å²) >= 11 is 0. The van der Waals surface area contributed by atoms with E-state index in [9.17, 15) is 8.42 Å². The van der Waals surface area contributed by atoms with Crippen molar-refractivity contribution in [3.63, 3.8) is 0 Å². The van der Waals surface area contributed by atoms with Crippen molar-refractivity contribution in [2.45, 2.75) is 26.0 Å². The summed E-state index contributed by atoms with van der Waals surface area (Å²) in [4.78, 5) is 3.98. The van der Waals surface area contributed by atoms with Gasteiger partial charge in [-0.25, -0.2) is 8.42 Å². The summed E-state index contributed by atoms with van der Waals surface area (Å²) in [5.41, 5.74) is 0. The highest BCUT2D eigenvalue weighted by Gasteiger charge is 2.22. The van der Waals surface area contributed by atoms with Gasteiger partial charge in [0.25, 0.3) is 0 Å². The maximum absolute atomic E-state index is 11.3. The number of sulfone groups is 1. The molecule has 1 heterocycles. The highest BCUT2D eigenvalue weighted by atomic mass is 32.2. The molecule has 1 aromatic heterocycles. The average Bonchev–Trinajstić information content (AvgIpc) is 2.60. The van der Waals surface area contributed by atoms with E-state index in [0.717, 1.165) is 6.26 Å². The third kappa shape index (κ3) is 3.48. The lowest BCUT2D eigenvalue weighted by Crippen LogP contribution is -2.10. The SMILES string of the molecule is CC(C)CNc1nc(C(C)S(C)(=O)=O)no1. The van der Waals surface area contributed by atoms with E-state index in [2.05, 4.69) is 15.5 Å². The van der Waals surface area contributed by atoms with Crippen molar-refractivity contribution in [1.82, 2.24) is 10.1 Å². The van der Waals surface area contributed by atoms with E-state index in [1.165, 1.54) is 6.92 Å². The molecule has 1 atom stereocenters. The molecule has 1 rings (SSSR count). The van der Waals surface area contributed by atoms with Crippen LogP contribution in [0.5, 0.6) is 0 Å². The molecule has 0 fully saturated rings. The Bertz CT molecular complexity index is 439. The number of anilines is 1. The van der Waals surface area contributed by atoms with Crippen molar-refractivity contribution in [2.24, 2.45) is 5.92 Å². The Labute approximate surface area is 95.3 Å². The Kier molecular flexibility index (Phi) is 3.90. The molecule has 0 bridgehead atoms. The number of nitrogens with one attached hydrogen (secondary N) is 1. The second kappa shape index (κ2) is 4.82. The minimum Gasteiger partial charge on any atom is -0.337 e. The normalized spacial score (nSPS) is 14.1. The molecule has 0 saturated carbocycles. The van der Waals surface area contributed by atoms with E-state index in [1.807, 2.05) is 13.8 Å². The van der Waals surface area contributed by atoms with Gasteiger partial charge in [0.1, 0.15) is 5.25 Å². The van der Waals surface area contributed by atoms with Gasteiger partial charge in [-0.15, -0.1) is 0 Å². The first kappa shape index (κ1) is 13.0. The first-order valence-electron chi connectivity index (χ1n) is 5.07. The minimum absolute atomic E-state index is 0.189. The highest BCUT2D eigenvalue weighted by Crippen LogP contribution is 2.18. The minimum atomic E-state index is -3.19. The Morgan fingerprint density at radius 2 is 2.00 bits per heavy atom. The molecule has 1 N–H and O–H groups in total. The first-order valence-corrected chi connectivity index (χ1v) is 7.02.